The molecule has 1 saturated heterocycles. The van der Waals surface area contributed by atoms with E-state index in [0.29, 0.717) is 18.2 Å². The first kappa shape index (κ1) is 11.4. The Bertz CT molecular complexity index is 335. The van der Waals surface area contributed by atoms with Gasteiger partial charge in [-0.3, -0.25) is 9.69 Å². The smallest absolute Gasteiger partial charge is 0.192 e. The third kappa shape index (κ3) is 2.71. The molecule has 2 heterocycles. The number of rotatable bonds is 5. The Balaban J connectivity index is 1.81. The van der Waals surface area contributed by atoms with Crippen LogP contribution in [0.3, 0.4) is 0 Å². The van der Waals surface area contributed by atoms with E-state index in [1.165, 1.54) is 0 Å². The van der Waals surface area contributed by atoms with E-state index >= 15 is 0 Å². The fourth-order valence-corrected chi connectivity index (χ4v) is 2.27. The lowest BCUT2D eigenvalue weighted by molar-refractivity contribution is 0.0938. The van der Waals surface area contributed by atoms with Crippen LogP contribution in [0, 0.1) is 5.92 Å². The highest BCUT2D eigenvalue weighted by atomic mass is 16.3. The van der Waals surface area contributed by atoms with Crippen LogP contribution in [0.15, 0.2) is 18.3 Å². The van der Waals surface area contributed by atoms with E-state index in [1.54, 1.807) is 6.20 Å². The van der Waals surface area contributed by atoms with Crippen molar-refractivity contribution >= 4 is 5.78 Å². The summed E-state index contributed by atoms with van der Waals surface area (Å²) in [5.74, 6) is 0.705. The van der Waals surface area contributed by atoms with Gasteiger partial charge in [0.25, 0.3) is 0 Å². The third-order valence-electron chi connectivity index (χ3n) is 3.17. The number of hydrogen-bond acceptors (Lipinski definition) is 3. The van der Waals surface area contributed by atoms with Crippen LogP contribution in [0.25, 0.3) is 0 Å². The highest BCUT2D eigenvalue weighted by molar-refractivity contribution is 5.95. The molecule has 4 heteroatoms. The maximum Gasteiger partial charge on any atom is 0.192 e. The van der Waals surface area contributed by atoms with Gasteiger partial charge in [0.2, 0.25) is 0 Å². The molecule has 1 unspecified atom stereocenters. The van der Waals surface area contributed by atoms with Crippen LogP contribution in [0.2, 0.25) is 0 Å². The van der Waals surface area contributed by atoms with Crippen molar-refractivity contribution in [2.75, 3.05) is 26.2 Å². The Morgan fingerprint density at radius 2 is 2.50 bits per heavy atom. The molecule has 1 aromatic heterocycles. The van der Waals surface area contributed by atoms with Crippen molar-refractivity contribution in [3.05, 3.63) is 24.0 Å². The zero-order valence-electron chi connectivity index (χ0n) is 9.35. The summed E-state index contributed by atoms with van der Waals surface area (Å²) >= 11 is 0. The minimum atomic E-state index is 0.148. The zero-order valence-corrected chi connectivity index (χ0v) is 9.35. The van der Waals surface area contributed by atoms with Crippen molar-refractivity contribution in [1.29, 1.82) is 0 Å². The SMILES string of the molecule is O=C(CN1CCC(CCO)C1)c1ccc[nH]1. The lowest BCUT2D eigenvalue weighted by Crippen LogP contribution is -2.28. The van der Waals surface area contributed by atoms with Crippen LogP contribution < -0.4 is 0 Å². The number of nitrogens with zero attached hydrogens (tertiary/aromatic N) is 1. The minimum Gasteiger partial charge on any atom is -0.396 e. The zero-order chi connectivity index (χ0) is 11.4. The molecule has 88 valence electrons. The van der Waals surface area contributed by atoms with Crippen LogP contribution in [0.1, 0.15) is 23.3 Å². The number of likely N-dealkylation sites (tertiary alicyclic amines) is 1. The van der Waals surface area contributed by atoms with Crippen molar-refractivity contribution in [3.63, 3.8) is 0 Å². The monoisotopic (exact) mass is 222 g/mol. The maximum atomic E-state index is 11.8. The molecular weight excluding hydrogens is 204 g/mol. The standard InChI is InChI=1S/C12H18N2O2/c15-7-4-10-3-6-14(8-10)9-12(16)11-2-1-5-13-11/h1-2,5,10,13,15H,3-4,6-9H2. The molecule has 0 bridgehead atoms. The fraction of sp³-hybridized carbons (Fsp3) is 0.583. The van der Waals surface area contributed by atoms with E-state index in [4.69, 9.17) is 5.11 Å². The molecule has 0 aliphatic carbocycles. The number of H-pyrrole nitrogens is 1. The summed E-state index contributed by atoms with van der Waals surface area (Å²) in [6.07, 6.45) is 3.72. The molecule has 0 radical (unpaired) electrons. The molecule has 1 aliphatic rings. The molecule has 2 N–H and O–H groups in total. The Morgan fingerprint density at radius 3 is 3.19 bits per heavy atom. The third-order valence-corrected chi connectivity index (χ3v) is 3.17. The van der Waals surface area contributed by atoms with Gasteiger partial charge in [-0.1, -0.05) is 0 Å². The van der Waals surface area contributed by atoms with Crippen molar-refractivity contribution in [3.8, 4) is 0 Å². The van der Waals surface area contributed by atoms with Crippen LogP contribution >= 0.6 is 0 Å². The summed E-state index contributed by atoms with van der Waals surface area (Å²) in [6.45, 7) is 2.65. The Morgan fingerprint density at radius 1 is 1.62 bits per heavy atom. The summed E-state index contributed by atoms with van der Waals surface area (Å²) in [6, 6.07) is 3.65. The summed E-state index contributed by atoms with van der Waals surface area (Å²) < 4.78 is 0. The summed E-state index contributed by atoms with van der Waals surface area (Å²) in [5, 5.41) is 8.85. The second-order valence-electron chi connectivity index (χ2n) is 4.41. The largest absolute Gasteiger partial charge is 0.396 e. The van der Waals surface area contributed by atoms with Gasteiger partial charge in [-0.05, 0) is 37.4 Å². The van der Waals surface area contributed by atoms with Crippen molar-refractivity contribution in [2.45, 2.75) is 12.8 Å². The quantitative estimate of drug-likeness (QED) is 0.728. The van der Waals surface area contributed by atoms with E-state index in [-0.39, 0.29) is 12.4 Å². The first-order valence-corrected chi connectivity index (χ1v) is 5.79. The average molecular weight is 222 g/mol. The van der Waals surface area contributed by atoms with Gasteiger partial charge in [-0.15, -0.1) is 0 Å². The van der Waals surface area contributed by atoms with Gasteiger partial charge in [-0.25, -0.2) is 0 Å². The van der Waals surface area contributed by atoms with Crippen LogP contribution in [0.5, 0.6) is 0 Å². The predicted molar refractivity (Wildman–Crippen MR) is 61.4 cm³/mol. The number of aliphatic hydroxyl groups is 1. The number of aliphatic hydroxyl groups excluding tert-OH is 1. The van der Waals surface area contributed by atoms with E-state index in [9.17, 15) is 4.79 Å². The van der Waals surface area contributed by atoms with Gasteiger partial charge >= 0.3 is 0 Å². The molecule has 1 aliphatic heterocycles. The Kier molecular flexibility index (Phi) is 3.74. The maximum absolute atomic E-state index is 11.8. The van der Waals surface area contributed by atoms with Gasteiger partial charge < -0.3 is 10.1 Å². The van der Waals surface area contributed by atoms with Crippen molar-refractivity contribution in [1.82, 2.24) is 9.88 Å². The number of aromatic amines is 1. The number of Topliss-reactive ketones (excluding diaryl/α,β-unsaturated/α-hetero) is 1. The Hall–Kier alpha value is -1.13. The molecule has 0 aromatic carbocycles. The number of ketones is 1. The van der Waals surface area contributed by atoms with Gasteiger partial charge in [0.15, 0.2) is 5.78 Å². The second kappa shape index (κ2) is 5.27. The average Bonchev–Trinajstić information content (AvgIpc) is 2.89. The highest BCUT2D eigenvalue weighted by Gasteiger charge is 2.23. The molecule has 16 heavy (non-hydrogen) atoms. The summed E-state index contributed by atoms with van der Waals surface area (Å²) in [5.41, 5.74) is 0.686. The number of aromatic nitrogens is 1. The highest BCUT2D eigenvalue weighted by Crippen LogP contribution is 2.19. The minimum absolute atomic E-state index is 0.148. The molecule has 1 atom stereocenters. The first-order chi connectivity index (χ1) is 7.79. The van der Waals surface area contributed by atoms with Crippen LogP contribution in [-0.4, -0.2) is 47.0 Å². The van der Waals surface area contributed by atoms with E-state index < -0.39 is 0 Å². The van der Waals surface area contributed by atoms with Crippen molar-refractivity contribution < 1.29 is 9.90 Å². The molecule has 1 fully saturated rings. The van der Waals surface area contributed by atoms with Crippen LogP contribution in [-0.2, 0) is 0 Å². The van der Waals surface area contributed by atoms with E-state index in [2.05, 4.69) is 9.88 Å². The molecule has 2 rings (SSSR count). The number of carbonyl (C=O) groups excluding carboxylic acids is 1. The molecule has 0 spiro atoms. The Labute approximate surface area is 95.3 Å². The second-order valence-corrected chi connectivity index (χ2v) is 4.41. The molecule has 1 aromatic rings. The molecule has 0 saturated carbocycles. The lowest BCUT2D eigenvalue weighted by atomic mass is 10.1. The van der Waals surface area contributed by atoms with Gasteiger partial charge in [-0.2, -0.15) is 0 Å². The summed E-state index contributed by atoms with van der Waals surface area (Å²) in [4.78, 5) is 16.9. The van der Waals surface area contributed by atoms with Crippen molar-refractivity contribution in [2.24, 2.45) is 5.92 Å². The topological polar surface area (TPSA) is 56.3 Å². The number of carbonyl (C=O) groups is 1. The number of nitrogens with one attached hydrogen (secondary N) is 1. The normalized spacial score (nSPS) is 21.4. The molecule has 4 nitrogen and oxygen atoms in total. The molecule has 0 amide bonds. The predicted octanol–water partition coefficient (Wildman–Crippen LogP) is 0.902. The van der Waals surface area contributed by atoms with Gasteiger partial charge in [0.05, 0.1) is 12.2 Å². The summed E-state index contributed by atoms with van der Waals surface area (Å²) in [7, 11) is 0. The van der Waals surface area contributed by atoms with E-state index in [0.717, 1.165) is 25.9 Å². The first-order valence-electron chi connectivity index (χ1n) is 5.79. The van der Waals surface area contributed by atoms with Crippen LogP contribution in [0.4, 0.5) is 0 Å². The van der Waals surface area contributed by atoms with Gasteiger partial charge in [0, 0.05) is 19.3 Å². The van der Waals surface area contributed by atoms with E-state index in [1.807, 2.05) is 12.1 Å². The molecular formula is C12H18N2O2. The fourth-order valence-electron chi connectivity index (χ4n) is 2.27. The van der Waals surface area contributed by atoms with Gasteiger partial charge in [0.1, 0.15) is 0 Å². The lowest BCUT2D eigenvalue weighted by Gasteiger charge is -2.14. The number of hydrogen-bond donors (Lipinski definition) is 2.